The van der Waals surface area contributed by atoms with Crippen molar-refractivity contribution in [2.45, 2.75) is 32.4 Å². The van der Waals surface area contributed by atoms with Crippen molar-refractivity contribution in [1.29, 1.82) is 0 Å². The van der Waals surface area contributed by atoms with Crippen molar-refractivity contribution in [3.05, 3.63) is 0 Å². The number of nitrogens with one attached hydrogen (secondary N) is 1. The Morgan fingerprint density at radius 1 is 1.06 bits per heavy atom. The van der Waals surface area contributed by atoms with Gasteiger partial charge in [0, 0.05) is 0 Å². The van der Waals surface area contributed by atoms with Crippen molar-refractivity contribution in [2.75, 3.05) is 0 Å². The number of aliphatic carboxylic acids is 2. The molecule has 1 unspecified atom stereocenters. The molecule has 0 spiro atoms. The number of hydrogen-bond acceptors (Lipinski definition) is 4. The summed E-state index contributed by atoms with van der Waals surface area (Å²) in [4.78, 5) is 32.7. The fraction of sp³-hybridized carbons (Fsp3) is 0.700. The SMILES string of the molecule is CC(C)(C)OC(=O)NC1[C@@H](C(=O)O)[C@H]1C(=O)O. The molecule has 7 nitrogen and oxygen atoms in total. The first-order valence-electron chi connectivity index (χ1n) is 5.08. The van der Waals surface area contributed by atoms with Crippen LogP contribution in [0.1, 0.15) is 20.8 Å². The van der Waals surface area contributed by atoms with Crippen LogP contribution in [0.2, 0.25) is 0 Å². The van der Waals surface area contributed by atoms with Gasteiger partial charge in [0.2, 0.25) is 0 Å². The Morgan fingerprint density at radius 3 is 1.76 bits per heavy atom. The number of carbonyl (C=O) groups excluding carboxylic acids is 1. The summed E-state index contributed by atoms with van der Waals surface area (Å²) in [6.45, 7) is 4.97. The fourth-order valence-corrected chi connectivity index (χ4v) is 1.55. The molecule has 0 aromatic rings. The first-order valence-corrected chi connectivity index (χ1v) is 5.08. The zero-order chi connectivity index (χ0) is 13.4. The van der Waals surface area contributed by atoms with Crippen LogP contribution >= 0.6 is 0 Å². The van der Waals surface area contributed by atoms with Crippen LogP contribution in [-0.4, -0.2) is 39.9 Å². The third-order valence-electron chi connectivity index (χ3n) is 2.27. The van der Waals surface area contributed by atoms with Gasteiger partial charge in [-0.05, 0) is 20.8 Å². The summed E-state index contributed by atoms with van der Waals surface area (Å²) in [6.07, 6.45) is -0.808. The summed E-state index contributed by atoms with van der Waals surface area (Å²) >= 11 is 0. The number of alkyl carbamates (subject to hydrolysis) is 1. The fourth-order valence-electron chi connectivity index (χ4n) is 1.55. The summed E-state index contributed by atoms with van der Waals surface area (Å²) in [5, 5.41) is 19.7. The molecule has 1 rings (SSSR count). The predicted octanol–water partition coefficient (Wildman–Crippen LogP) is 0.295. The third kappa shape index (κ3) is 3.33. The first-order chi connectivity index (χ1) is 7.63. The lowest BCUT2D eigenvalue weighted by Gasteiger charge is -2.19. The minimum Gasteiger partial charge on any atom is -0.481 e. The molecular formula is C10H15NO6. The molecule has 3 atom stereocenters. The van der Waals surface area contributed by atoms with E-state index in [9.17, 15) is 14.4 Å². The maximum atomic E-state index is 11.3. The molecule has 1 saturated carbocycles. The van der Waals surface area contributed by atoms with Crippen molar-refractivity contribution in [2.24, 2.45) is 11.8 Å². The number of carboxylic acids is 2. The van der Waals surface area contributed by atoms with Crippen LogP contribution in [0.3, 0.4) is 0 Å². The molecule has 7 heteroatoms. The molecule has 3 N–H and O–H groups in total. The maximum absolute atomic E-state index is 11.3. The highest BCUT2D eigenvalue weighted by molar-refractivity contribution is 5.89. The Balaban J connectivity index is 2.56. The molecule has 0 radical (unpaired) electrons. The van der Waals surface area contributed by atoms with E-state index in [4.69, 9.17) is 14.9 Å². The summed E-state index contributed by atoms with van der Waals surface area (Å²) in [7, 11) is 0. The molecule has 1 aliphatic carbocycles. The smallest absolute Gasteiger partial charge is 0.407 e. The van der Waals surface area contributed by atoms with Crippen molar-refractivity contribution < 1.29 is 29.3 Å². The number of rotatable bonds is 3. The average molecular weight is 245 g/mol. The van der Waals surface area contributed by atoms with Crippen LogP contribution in [0.25, 0.3) is 0 Å². The van der Waals surface area contributed by atoms with Gasteiger partial charge in [-0.1, -0.05) is 0 Å². The van der Waals surface area contributed by atoms with Gasteiger partial charge >= 0.3 is 18.0 Å². The van der Waals surface area contributed by atoms with E-state index < -0.39 is 41.5 Å². The normalized spacial score (nSPS) is 27.1. The highest BCUT2D eigenvalue weighted by Gasteiger charge is 2.61. The molecule has 1 amide bonds. The summed E-state index contributed by atoms with van der Waals surface area (Å²) < 4.78 is 4.91. The van der Waals surface area contributed by atoms with Gasteiger partial charge in [-0.25, -0.2) is 4.79 Å². The lowest BCUT2D eigenvalue weighted by molar-refractivity contribution is -0.144. The van der Waals surface area contributed by atoms with Gasteiger partial charge in [0.1, 0.15) is 5.60 Å². The monoisotopic (exact) mass is 245 g/mol. The van der Waals surface area contributed by atoms with E-state index >= 15 is 0 Å². The number of ether oxygens (including phenoxy) is 1. The van der Waals surface area contributed by atoms with Crippen molar-refractivity contribution >= 4 is 18.0 Å². The maximum Gasteiger partial charge on any atom is 0.407 e. The molecular weight excluding hydrogens is 230 g/mol. The molecule has 0 aromatic carbocycles. The van der Waals surface area contributed by atoms with Gasteiger partial charge in [0.25, 0.3) is 0 Å². The van der Waals surface area contributed by atoms with Gasteiger partial charge < -0.3 is 20.3 Å². The largest absolute Gasteiger partial charge is 0.481 e. The molecule has 0 aromatic heterocycles. The van der Waals surface area contributed by atoms with E-state index in [1.54, 1.807) is 20.8 Å². The van der Waals surface area contributed by atoms with E-state index in [0.29, 0.717) is 0 Å². The Morgan fingerprint density at radius 2 is 1.47 bits per heavy atom. The van der Waals surface area contributed by atoms with Crippen molar-refractivity contribution in [3.8, 4) is 0 Å². The molecule has 1 fully saturated rings. The van der Waals surface area contributed by atoms with E-state index in [1.807, 2.05) is 0 Å². The molecule has 0 saturated heterocycles. The summed E-state index contributed by atoms with van der Waals surface area (Å²) in [5.41, 5.74) is -0.712. The van der Waals surface area contributed by atoms with Crippen molar-refractivity contribution in [3.63, 3.8) is 0 Å². The van der Waals surface area contributed by atoms with Crippen LogP contribution in [0.5, 0.6) is 0 Å². The lowest BCUT2D eigenvalue weighted by atomic mass is 10.2. The van der Waals surface area contributed by atoms with Crippen LogP contribution in [0.15, 0.2) is 0 Å². The highest BCUT2D eigenvalue weighted by Crippen LogP contribution is 2.39. The first kappa shape index (κ1) is 13.3. The van der Waals surface area contributed by atoms with Crippen molar-refractivity contribution in [1.82, 2.24) is 5.32 Å². The quantitative estimate of drug-likeness (QED) is 0.658. The van der Waals surface area contributed by atoms with Gasteiger partial charge in [0.15, 0.2) is 0 Å². The number of carboxylic acid groups (broad SMARTS) is 2. The third-order valence-corrected chi connectivity index (χ3v) is 2.27. The van der Waals surface area contributed by atoms with E-state index in [1.165, 1.54) is 0 Å². The standard InChI is InChI=1S/C10H15NO6/c1-10(2,3)17-9(16)11-6-4(7(12)13)5(6)8(14)15/h4-6H,1-3H3,(H,11,16)(H,12,13)(H,14,15)/t4-,5+,6?. The highest BCUT2D eigenvalue weighted by atomic mass is 16.6. The summed E-state index contributed by atoms with van der Waals surface area (Å²) in [6, 6.07) is -0.903. The molecule has 17 heavy (non-hydrogen) atoms. The van der Waals surface area contributed by atoms with Crippen LogP contribution in [-0.2, 0) is 14.3 Å². The van der Waals surface area contributed by atoms with Crippen LogP contribution in [0, 0.1) is 11.8 Å². The Kier molecular flexibility index (Phi) is 3.30. The zero-order valence-electron chi connectivity index (χ0n) is 9.76. The molecule has 0 bridgehead atoms. The lowest BCUT2D eigenvalue weighted by Crippen LogP contribution is -2.35. The Bertz CT molecular complexity index is 338. The Hall–Kier alpha value is -1.79. The second-order valence-electron chi connectivity index (χ2n) is 4.90. The zero-order valence-corrected chi connectivity index (χ0v) is 9.76. The minimum absolute atomic E-state index is 0.712. The Labute approximate surface area is 97.8 Å². The summed E-state index contributed by atoms with van der Waals surface area (Å²) in [5.74, 6) is -4.64. The molecule has 96 valence electrons. The van der Waals surface area contributed by atoms with Gasteiger partial charge in [-0.3, -0.25) is 9.59 Å². The molecule has 0 heterocycles. The molecule has 1 aliphatic rings. The minimum atomic E-state index is -1.24. The van der Waals surface area contributed by atoms with Crippen LogP contribution in [0.4, 0.5) is 4.79 Å². The number of amides is 1. The number of hydrogen-bond donors (Lipinski definition) is 3. The second kappa shape index (κ2) is 4.23. The van der Waals surface area contributed by atoms with Gasteiger partial charge in [-0.2, -0.15) is 0 Å². The average Bonchev–Trinajstić information content (AvgIpc) is 2.74. The van der Waals surface area contributed by atoms with E-state index in [-0.39, 0.29) is 0 Å². The number of carbonyl (C=O) groups is 3. The van der Waals surface area contributed by atoms with Gasteiger partial charge in [-0.15, -0.1) is 0 Å². The van der Waals surface area contributed by atoms with E-state index in [0.717, 1.165) is 0 Å². The molecule has 0 aliphatic heterocycles. The van der Waals surface area contributed by atoms with Crippen LogP contribution < -0.4 is 5.32 Å². The van der Waals surface area contributed by atoms with E-state index in [2.05, 4.69) is 5.32 Å². The topological polar surface area (TPSA) is 113 Å². The predicted molar refractivity (Wildman–Crippen MR) is 55.4 cm³/mol. The second-order valence-corrected chi connectivity index (χ2v) is 4.90. The van der Waals surface area contributed by atoms with Gasteiger partial charge in [0.05, 0.1) is 17.9 Å².